The van der Waals surface area contributed by atoms with Crippen molar-refractivity contribution in [3.05, 3.63) is 39.7 Å². The summed E-state index contributed by atoms with van der Waals surface area (Å²) in [4.78, 5) is 6.19. The second-order valence-electron chi connectivity index (χ2n) is 5.03. The Hall–Kier alpha value is -1.19. The van der Waals surface area contributed by atoms with Gasteiger partial charge in [-0.3, -0.25) is 0 Å². The zero-order valence-electron chi connectivity index (χ0n) is 10.8. The Kier molecular flexibility index (Phi) is 2.96. The standard InChI is InChI=1S/C15H18N2S/c1-3-12(16)15-17-14-11-7-5-4-6-10(11)9(2)8-13(14)18-15/h4-7,9,12H,3,8,16H2,1-2H3. The number of aromatic nitrogens is 1. The third-order valence-corrected chi connectivity index (χ3v) is 4.92. The number of nitrogens with zero attached hydrogens (tertiary/aromatic N) is 1. The highest BCUT2D eigenvalue weighted by atomic mass is 32.1. The molecule has 0 saturated heterocycles. The molecule has 1 heterocycles. The van der Waals surface area contributed by atoms with E-state index in [1.165, 1.54) is 21.7 Å². The third-order valence-electron chi connectivity index (χ3n) is 3.71. The smallest absolute Gasteiger partial charge is 0.110 e. The van der Waals surface area contributed by atoms with Gasteiger partial charge in [-0.15, -0.1) is 11.3 Å². The predicted molar refractivity (Wildman–Crippen MR) is 76.9 cm³/mol. The maximum atomic E-state index is 6.11. The molecule has 0 spiro atoms. The molecule has 2 nitrogen and oxygen atoms in total. The minimum Gasteiger partial charge on any atom is -0.322 e. The molecule has 0 saturated carbocycles. The van der Waals surface area contributed by atoms with Crippen molar-refractivity contribution in [1.29, 1.82) is 0 Å². The first-order valence-corrected chi connectivity index (χ1v) is 7.36. The first kappa shape index (κ1) is 11.9. The summed E-state index contributed by atoms with van der Waals surface area (Å²) in [6, 6.07) is 8.71. The summed E-state index contributed by atoms with van der Waals surface area (Å²) >= 11 is 1.80. The van der Waals surface area contributed by atoms with Crippen LogP contribution in [-0.2, 0) is 6.42 Å². The van der Waals surface area contributed by atoms with Crippen LogP contribution in [-0.4, -0.2) is 4.98 Å². The van der Waals surface area contributed by atoms with Crippen LogP contribution >= 0.6 is 11.3 Å². The van der Waals surface area contributed by atoms with Crippen LogP contribution in [0.1, 0.15) is 47.7 Å². The fraction of sp³-hybridized carbons (Fsp3) is 0.400. The molecule has 0 aliphatic heterocycles. The first-order valence-electron chi connectivity index (χ1n) is 6.55. The molecular weight excluding hydrogens is 240 g/mol. The molecule has 0 fully saturated rings. The van der Waals surface area contributed by atoms with Gasteiger partial charge >= 0.3 is 0 Å². The molecule has 18 heavy (non-hydrogen) atoms. The molecule has 3 heteroatoms. The van der Waals surface area contributed by atoms with E-state index >= 15 is 0 Å². The van der Waals surface area contributed by atoms with Gasteiger partial charge in [0.05, 0.1) is 11.7 Å². The van der Waals surface area contributed by atoms with Crippen molar-refractivity contribution in [2.24, 2.45) is 5.73 Å². The summed E-state index contributed by atoms with van der Waals surface area (Å²) in [5.74, 6) is 0.583. The van der Waals surface area contributed by atoms with Crippen molar-refractivity contribution in [3.8, 4) is 11.3 Å². The van der Waals surface area contributed by atoms with Crippen LogP contribution in [0.15, 0.2) is 24.3 Å². The Morgan fingerprint density at radius 1 is 1.44 bits per heavy atom. The summed E-state index contributed by atoms with van der Waals surface area (Å²) in [6.45, 7) is 4.41. The van der Waals surface area contributed by atoms with Gasteiger partial charge in [0, 0.05) is 10.4 Å². The minimum atomic E-state index is 0.0862. The van der Waals surface area contributed by atoms with Crippen molar-refractivity contribution in [3.63, 3.8) is 0 Å². The largest absolute Gasteiger partial charge is 0.322 e. The van der Waals surface area contributed by atoms with E-state index < -0.39 is 0 Å². The molecule has 0 bridgehead atoms. The topological polar surface area (TPSA) is 38.9 Å². The SMILES string of the molecule is CCC(N)c1nc2c(s1)CC(C)c1ccccc1-2. The maximum Gasteiger partial charge on any atom is 0.110 e. The Morgan fingerprint density at radius 2 is 2.22 bits per heavy atom. The lowest BCUT2D eigenvalue weighted by Crippen LogP contribution is -2.08. The fourth-order valence-electron chi connectivity index (χ4n) is 2.58. The van der Waals surface area contributed by atoms with Gasteiger partial charge in [-0.1, -0.05) is 38.1 Å². The second-order valence-corrected chi connectivity index (χ2v) is 6.15. The van der Waals surface area contributed by atoms with E-state index in [4.69, 9.17) is 10.7 Å². The highest BCUT2D eigenvalue weighted by molar-refractivity contribution is 7.12. The molecule has 2 N–H and O–H groups in total. The number of thiazole rings is 1. The normalized spacial score (nSPS) is 19.2. The van der Waals surface area contributed by atoms with E-state index in [-0.39, 0.29) is 6.04 Å². The number of hydrogen-bond acceptors (Lipinski definition) is 3. The van der Waals surface area contributed by atoms with Gasteiger partial charge in [-0.05, 0) is 24.3 Å². The molecule has 2 atom stereocenters. The van der Waals surface area contributed by atoms with Crippen molar-refractivity contribution in [2.75, 3.05) is 0 Å². The van der Waals surface area contributed by atoms with Gasteiger partial charge in [0.25, 0.3) is 0 Å². The van der Waals surface area contributed by atoms with Gasteiger partial charge in [0.15, 0.2) is 0 Å². The zero-order valence-corrected chi connectivity index (χ0v) is 11.6. The van der Waals surface area contributed by atoms with Gasteiger partial charge in [-0.25, -0.2) is 4.98 Å². The third kappa shape index (κ3) is 1.78. The van der Waals surface area contributed by atoms with Crippen LogP contribution in [0.5, 0.6) is 0 Å². The quantitative estimate of drug-likeness (QED) is 0.887. The lowest BCUT2D eigenvalue weighted by atomic mass is 9.86. The van der Waals surface area contributed by atoms with E-state index in [0.717, 1.165) is 17.8 Å². The summed E-state index contributed by atoms with van der Waals surface area (Å²) < 4.78 is 0. The number of fused-ring (bicyclic) bond motifs is 3. The van der Waals surface area contributed by atoms with Crippen LogP contribution < -0.4 is 5.73 Å². The van der Waals surface area contributed by atoms with Gasteiger partial charge in [0.2, 0.25) is 0 Å². The molecular formula is C15H18N2S. The molecule has 2 unspecified atom stereocenters. The summed E-state index contributed by atoms with van der Waals surface area (Å²) in [5.41, 5.74) is 10.0. The summed E-state index contributed by atoms with van der Waals surface area (Å²) in [6.07, 6.45) is 2.05. The number of benzene rings is 1. The highest BCUT2D eigenvalue weighted by Gasteiger charge is 2.25. The molecule has 1 aliphatic carbocycles. The maximum absolute atomic E-state index is 6.11. The van der Waals surface area contributed by atoms with Gasteiger partial charge in [0.1, 0.15) is 5.01 Å². The molecule has 1 aromatic heterocycles. The molecule has 94 valence electrons. The molecule has 1 aliphatic rings. The lowest BCUT2D eigenvalue weighted by Gasteiger charge is -2.21. The van der Waals surface area contributed by atoms with Gasteiger partial charge < -0.3 is 5.73 Å². The molecule has 0 radical (unpaired) electrons. The van der Waals surface area contributed by atoms with E-state index in [1.807, 2.05) is 0 Å². The van der Waals surface area contributed by atoms with Crippen LogP contribution in [0, 0.1) is 0 Å². The number of rotatable bonds is 2. The predicted octanol–water partition coefficient (Wildman–Crippen LogP) is 3.88. The fourth-order valence-corrected chi connectivity index (χ4v) is 3.88. The van der Waals surface area contributed by atoms with Crippen molar-refractivity contribution < 1.29 is 0 Å². The van der Waals surface area contributed by atoms with Gasteiger partial charge in [-0.2, -0.15) is 0 Å². The average molecular weight is 258 g/mol. The Labute approximate surface area is 112 Å². The zero-order chi connectivity index (χ0) is 12.7. The van der Waals surface area contributed by atoms with Crippen molar-refractivity contribution in [1.82, 2.24) is 4.98 Å². The van der Waals surface area contributed by atoms with E-state index in [0.29, 0.717) is 5.92 Å². The van der Waals surface area contributed by atoms with Crippen LogP contribution in [0.25, 0.3) is 11.3 Å². The Balaban J connectivity index is 2.13. The first-order chi connectivity index (χ1) is 8.70. The highest BCUT2D eigenvalue weighted by Crippen LogP contribution is 2.42. The van der Waals surface area contributed by atoms with Crippen LogP contribution in [0.3, 0.4) is 0 Å². The lowest BCUT2D eigenvalue weighted by molar-refractivity contribution is 0.692. The van der Waals surface area contributed by atoms with Crippen LogP contribution in [0.2, 0.25) is 0 Å². The molecule has 1 aromatic carbocycles. The van der Waals surface area contributed by atoms with E-state index in [2.05, 4.69) is 38.1 Å². The molecule has 0 amide bonds. The number of nitrogens with two attached hydrogens (primary N) is 1. The second kappa shape index (κ2) is 4.48. The van der Waals surface area contributed by atoms with Crippen LogP contribution in [0.4, 0.5) is 0 Å². The van der Waals surface area contributed by atoms with Crippen molar-refractivity contribution in [2.45, 2.75) is 38.6 Å². The van der Waals surface area contributed by atoms with E-state index in [9.17, 15) is 0 Å². The molecule has 3 rings (SSSR count). The Morgan fingerprint density at radius 3 is 3.00 bits per heavy atom. The Bertz CT molecular complexity index is 574. The minimum absolute atomic E-state index is 0.0862. The monoisotopic (exact) mass is 258 g/mol. The van der Waals surface area contributed by atoms with Crippen molar-refractivity contribution >= 4 is 11.3 Å². The molecule has 2 aromatic rings. The van der Waals surface area contributed by atoms with E-state index in [1.54, 1.807) is 11.3 Å². The number of hydrogen-bond donors (Lipinski definition) is 1. The summed E-state index contributed by atoms with van der Waals surface area (Å²) in [5, 5.41) is 1.09. The average Bonchev–Trinajstić information content (AvgIpc) is 2.82. The summed E-state index contributed by atoms with van der Waals surface area (Å²) in [7, 11) is 0.